The highest BCUT2D eigenvalue weighted by Crippen LogP contribution is 2.26. The number of rotatable bonds is 4. The number of esters is 1. The number of carbonyl (C=O) groups is 2. The fourth-order valence-electron chi connectivity index (χ4n) is 3.35. The third kappa shape index (κ3) is 3.75. The van der Waals surface area contributed by atoms with Crippen LogP contribution in [0.15, 0.2) is 36.5 Å². The number of halogens is 2. The van der Waals surface area contributed by atoms with Crippen molar-refractivity contribution in [2.75, 3.05) is 20.2 Å². The zero-order chi connectivity index (χ0) is 18.7. The number of piperidine rings is 1. The van der Waals surface area contributed by atoms with Crippen molar-refractivity contribution in [3.63, 3.8) is 0 Å². The van der Waals surface area contributed by atoms with Crippen LogP contribution in [0.4, 0.5) is 4.39 Å². The van der Waals surface area contributed by atoms with E-state index in [1.807, 2.05) is 16.8 Å². The molecule has 26 heavy (non-hydrogen) atoms. The topological polar surface area (TPSA) is 51.5 Å². The first-order chi connectivity index (χ1) is 12.5. The van der Waals surface area contributed by atoms with Crippen LogP contribution in [0.2, 0.25) is 5.02 Å². The fraction of sp³-hybridized carbons (Fsp3) is 0.368. The molecule has 7 heteroatoms. The number of hydrogen-bond acceptors (Lipinski definition) is 3. The van der Waals surface area contributed by atoms with Crippen LogP contribution in [0, 0.1) is 5.82 Å². The molecule has 2 heterocycles. The van der Waals surface area contributed by atoms with Crippen molar-refractivity contribution in [2.24, 2.45) is 0 Å². The van der Waals surface area contributed by atoms with E-state index in [-0.39, 0.29) is 34.9 Å². The van der Waals surface area contributed by atoms with Crippen LogP contribution in [0.1, 0.15) is 34.9 Å². The van der Waals surface area contributed by atoms with Crippen molar-refractivity contribution >= 4 is 23.5 Å². The Morgan fingerprint density at radius 2 is 1.96 bits per heavy atom. The van der Waals surface area contributed by atoms with Gasteiger partial charge < -0.3 is 14.2 Å². The lowest BCUT2D eigenvalue weighted by molar-refractivity contribution is -0.131. The van der Waals surface area contributed by atoms with Crippen LogP contribution >= 0.6 is 11.6 Å². The molecule has 1 amide bonds. The van der Waals surface area contributed by atoms with Gasteiger partial charge in [0.1, 0.15) is 11.5 Å². The molecular formula is C19H20ClFN2O3. The Labute approximate surface area is 156 Å². The van der Waals surface area contributed by atoms with Gasteiger partial charge >= 0.3 is 5.97 Å². The highest BCUT2D eigenvalue weighted by Gasteiger charge is 2.26. The second-order valence-corrected chi connectivity index (χ2v) is 6.69. The van der Waals surface area contributed by atoms with E-state index in [0.717, 1.165) is 12.8 Å². The average molecular weight is 379 g/mol. The number of methoxy groups -OCH3 is 1. The summed E-state index contributed by atoms with van der Waals surface area (Å²) < 4.78 is 20.6. The van der Waals surface area contributed by atoms with E-state index in [4.69, 9.17) is 16.3 Å². The SMILES string of the molecule is COC(=O)c1cccn1C1CCN(C(=O)Cc2c(F)cccc2Cl)CC1. The first-order valence-electron chi connectivity index (χ1n) is 8.47. The zero-order valence-corrected chi connectivity index (χ0v) is 15.2. The van der Waals surface area contributed by atoms with Crippen molar-refractivity contribution < 1.29 is 18.7 Å². The van der Waals surface area contributed by atoms with Crippen molar-refractivity contribution in [3.8, 4) is 0 Å². The van der Waals surface area contributed by atoms with Gasteiger partial charge in [-0.1, -0.05) is 17.7 Å². The maximum atomic E-state index is 13.9. The van der Waals surface area contributed by atoms with E-state index in [2.05, 4.69) is 0 Å². The van der Waals surface area contributed by atoms with Crippen molar-refractivity contribution in [1.29, 1.82) is 0 Å². The maximum Gasteiger partial charge on any atom is 0.354 e. The van der Waals surface area contributed by atoms with Gasteiger partial charge in [0.2, 0.25) is 5.91 Å². The number of ether oxygens (including phenoxy) is 1. The van der Waals surface area contributed by atoms with Crippen molar-refractivity contribution in [2.45, 2.75) is 25.3 Å². The molecule has 138 valence electrons. The normalized spacial score (nSPS) is 15.1. The van der Waals surface area contributed by atoms with Crippen LogP contribution in [0.3, 0.4) is 0 Å². The molecule has 3 rings (SSSR count). The quantitative estimate of drug-likeness (QED) is 0.765. The van der Waals surface area contributed by atoms with Crippen molar-refractivity contribution in [1.82, 2.24) is 9.47 Å². The van der Waals surface area contributed by atoms with Crippen molar-refractivity contribution in [3.05, 3.63) is 58.6 Å². The number of amides is 1. The van der Waals surface area contributed by atoms with Gasteiger partial charge in [-0.15, -0.1) is 0 Å². The third-order valence-corrected chi connectivity index (χ3v) is 5.13. The molecule has 0 saturated carbocycles. The van der Waals surface area contributed by atoms with E-state index >= 15 is 0 Å². The number of likely N-dealkylation sites (tertiary alicyclic amines) is 1. The summed E-state index contributed by atoms with van der Waals surface area (Å²) in [5.41, 5.74) is 0.745. The Balaban J connectivity index is 1.63. The van der Waals surface area contributed by atoms with Gasteiger partial charge in [-0.05, 0) is 37.1 Å². The van der Waals surface area contributed by atoms with E-state index in [9.17, 15) is 14.0 Å². The van der Waals surface area contributed by atoms with Gasteiger partial charge in [0.05, 0.1) is 13.5 Å². The molecule has 5 nitrogen and oxygen atoms in total. The van der Waals surface area contributed by atoms with Gasteiger partial charge in [0, 0.05) is 35.9 Å². The fourth-order valence-corrected chi connectivity index (χ4v) is 3.58. The predicted molar refractivity (Wildman–Crippen MR) is 95.7 cm³/mol. The van der Waals surface area contributed by atoms with E-state index in [1.165, 1.54) is 19.2 Å². The molecule has 0 atom stereocenters. The number of carbonyl (C=O) groups excluding carboxylic acids is 2. The molecule has 0 N–H and O–H groups in total. The lowest BCUT2D eigenvalue weighted by atomic mass is 10.0. The minimum absolute atomic E-state index is 0.0485. The summed E-state index contributed by atoms with van der Waals surface area (Å²) in [7, 11) is 1.36. The summed E-state index contributed by atoms with van der Waals surface area (Å²) in [5, 5.41) is 0.267. The third-order valence-electron chi connectivity index (χ3n) is 4.77. The molecule has 1 saturated heterocycles. The smallest absolute Gasteiger partial charge is 0.354 e. The monoisotopic (exact) mass is 378 g/mol. The standard InChI is InChI=1S/C19H20ClFN2O3/c1-26-19(25)17-6-3-9-23(17)13-7-10-22(11-8-13)18(24)12-14-15(20)4-2-5-16(14)21/h2-6,9,13H,7-8,10-12H2,1H3. The zero-order valence-electron chi connectivity index (χ0n) is 14.5. The van der Waals surface area contributed by atoms with Gasteiger partial charge in [0.15, 0.2) is 0 Å². The first kappa shape index (κ1) is 18.5. The van der Waals surface area contributed by atoms with Gasteiger partial charge in [-0.2, -0.15) is 0 Å². The number of aromatic nitrogens is 1. The summed E-state index contributed by atoms with van der Waals surface area (Å²) >= 11 is 6.01. The molecule has 1 fully saturated rings. The van der Waals surface area contributed by atoms with Gasteiger partial charge in [-0.3, -0.25) is 4.79 Å². The lowest BCUT2D eigenvalue weighted by Crippen LogP contribution is -2.40. The number of nitrogens with zero attached hydrogens (tertiary/aromatic N) is 2. The molecule has 0 radical (unpaired) electrons. The Bertz CT molecular complexity index is 793. The molecule has 0 unspecified atom stereocenters. The largest absolute Gasteiger partial charge is 0.464 e. The van der Waals surface area contributed by atoms with Crippen LogP contribution in [-0.4, -0.2) is 41.5 Å². The molecular weight excluding hydrogens is 359 g/mol. The Hall–Kier alpha value is -2.34. The van der Waals surface area contributed by atoms with Crippen LogP contribution < -0.4 is 0 Å². The number of benzene rings is 1. The number of hydrogen-bond donors (Lipinski definition) is 0. The molecule has 0 spiro atoms. The van der Waals surface area contributed by atoms with Crippen LogP contribution in [0.5, 0.6) is 0 Å². The molecule has 2 aromatic rings. The van der Waals surface area contributed by atoms with E-state index in [0.29, 0.717) is 18.8 Å². The van der Waals surface area contributed by atoms with Gasteiger partial charge in [-0.25, -0.2) is 9.18 Å². The van der Waals surface area contributed by atoms with E-state index < -0.39 is 5.82 Å². The predicted octanol–water partition coefficient (Wildman–Crippen LogP) is 3.47. The second kappa shape index (κ2) is 7.91. The highest BCUT2D eigenvalue weighted by atomic mass is 35.5. The van der Waals surface area contributed by atoms with E-state index in [1.54, 1.807) is 17.0 Å². The van der Waals surface area contributed by atoms with Crippen LogP contribution in [0.25, 0.3) is 0 Å². The molecule has 0 bridgehead atoms. The summed E-state index contributed by atoms with van der Waals surface area (Å²) in [4.78, 5) is 26.1. The molecule has 1 aliphatic heterocycles. The Kier molecular flexibility index (Phi) is 5.61. The summed E-state index contributed by atoms with van der Waals surface area (Å²) in [6.45, 7) is 1.10. The minimum Gasteiger partial charge on any atom is -0.464 e. The minimum atomic E-state index is -0.462. The Morgan fingerprint density at radius 3 is 2.62 bits per heavy atom. The summed E-state index contributed by atoms with van der Waals surface area (Å²) in [6.07, 6.45) is 3.24. The van der Waals surface area contributed by atoms with Gasteiger partial charge in [0.25, 0.3) is 0 Å². The second-order valence-electron chi connectivity index (χ2n) is 6.28. The summed E-state index contributed by atoms with van der Waals surface area (Å²) in [6, 6.07) is 8.07. The first-order valence-corrected chi connectivity index (χ1v) is 8.85. The lowest BCUT2D eigenvalue weighted by Gasteiger charge is -2.33. The maximum absolute atomic E-state index is 13.9. The molecule has 1 aromatic heterocycles. The molecule has 1 aromatic carbocycles. The highest BCUT2D eigenvalue weighted by molar-refractivity contribution is 6.31. The Morgan fingerprint density at radius 1 is 1.23 bits per heavy atom. The average Bonchev–Trinajstić information content (AvgIpc) is 3.14. The van der Waals surface area contributed by atoms with Crippen LogP contribution in [-0.2, 0) is 16.0 Å². The molecule has 1 aliphatic rings. The molecule has 0 aliphatic carbocycles. The summed E-state index contributed by atoms with van der Waals surface area (Å²) in [5.74, 6) is -0.977.